The number of aliphatic hydroxyl groups excluding tert-OH is 1. The fourth-order valence-electron chi connectivity index (χ4n) is 3.27. The van der Waals surface area contributed by atoms with Gasteiger partial charge in [0.1, 0.15) is 5.76 Å². The van der Waals surface area contributed by atoms with Gasteiger partial charge in [-0.1, -0.05) is 38.8 Å². The van der Waals surface area contributed by atoms with E-state index < -0.39 is 5.76 Å². The number of H-pyrrole nitrogens is 1. The maximum absolute atomic E-state index is 11.9. The number of aliphatic hydroxyl groups is 1. The van der Waals surface area contributed by atoms with Crippen molar-refractivity contribution in [3.63, 3.8) is 0 Å². The minimum absolute atomic E-state index is 0.110. The van der Waals surface area contributed by atoms with Gasteiger partial charge in [0, 0.05) is 35.9 Å². The highest BCUT2D eigenvalue weighted by Crippen LogP contribution is 2.40. The van der Waals surface area contributed by atoms with Gasteiger partial charge in [0.15, 0.2) is 11.3 Å². The Morgan fingerprint density at radius 1 is 1.26 bits per heavy atom. The van der Waals surface area contributed by atoms with Crippen LogP contribution in [0.4, 0.5) is 0 Å². The smallest absolute Gasteiger partial charge is 0.408 e. The molecule has 0 spiro atoms. The Hall–Kier alpha value is -2.96. The molecule has 0 aliphatic heterocycles. The van der Waals surface area contributed by atoms with E-state index in [-0.39, 0.29) is 18.6 Å². The van der Waals surface area contributed by atoms with Crippen molar-refractivity contribution in [2.45, 2.75) is 95.9 Å². The summed E-state index contributed by atoms with van der Waals surface area (Å²) < 4.78 is 10.1. The lowest BCUT2D eigenvalue weighted by atomic mass is 10.1. The average Bonchev–Trinajstić information content (AvgIpc) is 3.52. The number of hydrogen-bond acceptors (Lipinski definition) is 7. The number of benzene rings is 1. The van der Waals surface area contributed by atoms with Crippen molar-refractivity contribution in [2.75, 3.05) is 12.9 Å². The summed E-state index contributed by atoms with van der Waals surface area (Å²) in [5.41, 5.74) is 1.78. The Bertz CT molecular complexity index is 1160. The molecule has 1 unspecified atom stereocenters. The van der Waals surface area contributed by atoms with Crippen molar-refractivity contribution in [3.05, 3.63) is 46.3 Å². The Kier molecular flexibility index (Phi) is 16.7. The van der Waals surface area contributed by atoms with E-state index in [0.29, 0.717) is 17.2 Å². The van der Waals surface area contributed by atoms with Crippen LogP contribution in [0.25, 0.3) is 11.1 Å². The topological polar surface area (TPSA) is 121 Å². The number of carbonyl (C=O) groups excluding carboxylic acids is 1. The third-order valence-corrected chi connectivity index (χ3v) is 6.23. The summed E-state index contributed by atoms with van der Waals surface area (Å²) in [4.78, 5) is 26.3. The Balaban J connectivity index is 0.000000298. The number of oxazole rings is 1. The molecule has 1 atom stereocenters. The maximum Gasteiger partial charge on any atom is 0.417 e. The van der Waals surface area contributed by atoms with Gasteiger partial charge < -0.3 is 19.4 Å². The first kappa shape index (κ1) is 33.1. The van der Waals surface area contributed by atoms with Crippen LogP contribution in [0, 0.1) is 12.3 Å². The van der Waals surface area contributed by atoms with E-state index in [2.05, 4.69) is 42.1 Å². The summed E-state index contributed by atoms with van der Waals surface area (Å²) in [6.45, 7) is 8.27. The van der Waals surface area contributed by atoms with E-state index in [9.17, 15) is 9.59 Å². The van der Waals surface area contributed by atoms with Crippen molar-refractivity contribution in [1.82, 2.24) is 15.5 Å². The van der Waals surface area contributed by atoms with Crippen LogP contribution in [0.15, 0.2) is 42.9 Å². The van der Waals surface area contributed by atoms with Gasteiger partial charge in [-0.05, 0) is 63.5 Å². The minimum Gasteiger partial charge on any atom is -0.408 e. The second kappa shape index (κ2) is 19.2. The van der Waals surface area contributed by atoms with Gasteiger partial charge in [0.05, 0.1) is 5.52 Å². The number of unbranched alkanes of at least 4 members (excludes halogenated alkanes) is 2. The standard InChI is InChI=1S/C13H20N2O2.C8H7NO2S.C6H10.C2H6O/c1-3-5-10(4-2)14-13(16)11-8-12(17-15-11)9-6-7-9;1-12-5-2-3-6-7(4-5)11-8(10)9-6;1-3-5-6-4-2;1-2-3/h8-10H,3-7H2,1-2H3,(H,14,16);2-4H,1H3,(H,9,10);1H,4-6H2,2H3;3H,2H2,1H3. The molecule has 1 saturated carbocycles. The zero-order valence-corrected chi connectivity index (χ0v) is 24.2. The number of aromatic nitrogens is 2. The van der Waals surface area contributed by atoms with Crippen LogP contribution >= 0.6 is 11.8 Å². The predicted octanol–water partition coefficient (Wildman–Crippen LogP) is 6.51. The number of nitrogens with zero attached hydrogens (tertiary/aromatic N) is 1. The SMILES string of the molecule is C#CCCCC.CCCC(CC)NC(=O)c1cc(C2CC2)on1.CCO.CSc1ccc2[nH]c(=O)oc2c1. The number of nitrogens with one attached hydrogen (secondary N) is 2. The van der Waals surface area contributed by atoms with Crippen LogP contribution in [0.2, 0.25) is 0 Å². The normalized spacial score (nSPS) is 12.6. The minimum atomic E-state index is -0.400. The Labute approximate surface area is 230 Å². The van der Waals surface area contributed by atoms with Gasteiger partial charge in [-0.3, -0.25) is 9.78 Å². The lowest BCUT2D eigenvalue weighted by Gasteiger charge is -2.14. The molecule has 1 fully saturated rings. The van der Waals surface area contributed by atoms with Gasteiger partial charge in [0.2, 0.25) is 0 Å². The van der Waals surface area contributed by atoms with E-state index >= 15 is 0 Å². The van der Waals surface area contributed by atoms with Crippen molar-refractivity contribution in [2.24, 2.45) is 0 Å². The first-order chi connectivity index (χ1) is 18.4. The van der Waals surface area contributed by atoms with E-state index in [4.69, 9.17) is 20.5 Å². The number of fused-ring (bicyclic) bond motifs is 1. The molecular weight excluding hydrogens is 502 g/mol. The Morgan fingerprint density at radius 2 is 1.97 bits per heavy atom. The van der Waals surface area contributed by atoms with Crippen LogP contribution in [0.5, 0.6) is 0 Å². The zero-order valence-electron chi connectivity index (χ0n) is 23.3. The summed E-state index contributed by atoms with van der Waals surface area (Å²) in [5, 5.41) is 14.4. The van der Waals surface area contributed by atoms with Gasteiger partial charge in [-0.15, -0.1) is 24.1 Å². The summed E-state index contributed by atoms with van der Waals surface area (Å²) in [6, 6.07) is 7.65. The van der Waals surface area contributed by atoms with Gasteiger partial charge >= 0.3 is 5.76 Å². The first-order valence-electron chi connectivity index (χ1n) is 13.4. The van der Waals surface area contributed by atoms with E-state index in [1.54, 1.807) is 24.8 Å². The molecule has 1 aliphatic carbocycles. The first-order valence-corrected chi connectivity index (χ1v) is 14.6. The van der Waals surface area contributed by atoms with Crippen molar-refractivity contribution >= 4 is 28.8 Å². The molecule has 3 N–H and O–H groups in total. The number of aromatic amines is 1. The van der Waals surface area contributed by atoms with Gasteiger partial charge in [0.25, 0.3) is 5.91 Å². The monoisotopic (exact) mass is 545 g/mol. The molecule has 2 aromatic heterocycles. The number of terminal acetylenes is 1. The second-order valence-corrected chi connectivity index (χ2v) is 9.64. The zero-order chi connectivity index (χ0) is 28.3. The summed E-state index contributed by atoms with van der Waals surface area (Å²) in [5.74, 6) is 3.42. The highest BCUT2D eigenvalue weighted by molar-refractivity contribution is 7.98. The maximum atomic E-state index is 11.9. The Morgan fingerprint density at radius 3 is 2.50 bits per heavy atom. The third-order valence-electron chi connectivity index (χ3n) is 5.51. The van der Waals surface area contributed by atoms with Crippen LogP contribution in [-0.4, -0.2) is 40.1 Å². The fraction of sp³-hybridized carbons (Fsp3) is 0.552. The molecule has 0 saturated heterocycles. The number of rotatable bonds is 9. The molecule has 0 bridgehead atoms. The van der Waals surface area contributed by atoms with Crippen LogP contribution < -0.4 is 11.1 Å². The molecule has 38 heavy (non-hydrogen) atoms. The quantitative estimate of drug-likeness (QED) is 0.159. The summed E-state index contributed by atoms with van der Waals surface area (Å²) in [6.07, 6.45) is 15.6. The lowest BCUT2D eigenvalue weighted by molar-refractivity contribution is 0.0924. The number of thioether (sulfide) groups is 1. The molecule has 0 radical (unpaired) electrons. The molecule has 9 heteroatoms. The van der Waals surface area contributed by atoms with Gasteiger partial charge in [-0.25, -0.2) is 4.79 Å². The third kappa shape index (κ3) is 12.5. The molecule has 8 nitrogen and oxygen atoms in total. The molecule has 1 aromatic carbocycles. The summed E-state index contributed by atoms with van der Waals surface area (Å²) >= 11 is 1.62. The average molecular weight is 546 g/mol. The second-order valence-electron chi connectivity index (χ2n) is 8.76. The van der Waals surface area contributed by atoms with Gasteiger partial charge in [-0.2, -0.15) is 0 Å². The van der Waals surface area contributed by atoms with E-state index in [1.165, 1.54) is 12.8 Å². The molecule has 1 amide bonds. The number of carbonyl (C=O) groups is 1. The highest BCUT2D eigenvalue weighted by Gasteiger charge is 2.29. The van der Waals surface area contributed by atoms with Crippen molar-refractivity contribution in [3.8, 4) is 12.3 Å². The molecule has 210 valence electrons. The van der Waals surface area contributed by atoms with E-state index in [0.717, 1.165) is 54.7 Å². The molecule has 3 aromatic rings. The highest BCUT2D eigenvalue weighted by atomic mass is 32.2. The van der Waals surface area contributed by atoms with Crippen LogP contribution in [-0.2, 0) is 0 Å². The number of hydrogen-bond donors (Lipinski definition) is 3. The summed E-state index contributed by atoms with van der Waals surface area (Å²) in [7, 11) is 0. The predicted molar refractivity (Wildman–Crippen MR) is 155 cm³/mol. The molecule has 2 heterocycles. The van der Waals surface area contributed by atoms with Crippen molar-refractivity contribution in [1.29, 1.82) is 0 Å². The number of amides is 1. The fourth-order valence-corrected chi connectivity index (χ4v) is 3.70. The molecular formula is C29H43N3O5S. The van der Waals surface area contributed by atoms with Crippen LogP contribution in [0.3, 0.4) is 0 Å². The lowest BCUT2D eigenvalue weighted by Crippen LogP contribution is -2.34. The molecule has 1 aliphatic rings. The van der Waals surface area contributed by atoms with Crippen molar-refractivity contribution < 1.29 is 18.8 Å². The van der Waals surface area contributed by atoms with Crippen LogP contribution in [0.1, 0.15) is 101 Å². The molecule has 4 rings (SSSR count). The van der Waals surface area contributed by atoms with E-state index in [1.807, 2.05) is 24.5 Å². The largest absolute Gasteiger partial charge is 0.417 e.